The highest BCUT2D eigenvalue weighted by Crippen LogP contribution is 2.18. The summed E-state index contributed by atoms with van der Waals surface area (Å²) in [5, 5.41) is 8.20. The number of rotatable bonds is 5. The second-order valence-corrected chi connectivity index (χ2v) is 5.36. The Balaban J connectivity index is 2.30. The van der Waals surface area contributed by atoms with E-state index in [0.717, 1.165) is 0 Å². The van der Waals surface area contributed by atoms with Crippen LogP contribution >= 0.6 is 11.3 Å². The van der Waals surface area contributed by atoms with Crippen LogP contribution in [-0.2, 0) is 0 Å². The molecule has 0 unspecified atom stereocenters. The Bertz CT molecular complexity index is 582. The van der Waals surface area contributed by atoms with Crippen molar-refractivity contribution >= 4 is 28.1 Å². The number of anilines is 2. The topological polar surface area (TPSA) is 79.8 Å². The van der Waals surface area contributed by atoms with Crippen LogP contribution in [-0.4, -0.2) is 27.4 Å². The number of hydrogen-bond acceptors (Lipinski definition) is 6. The maximum atomic E-state index is 12.3. The van der Waals surface area contributed by atoms with Gasteiger partial charge < -0.3 is 5.32 Å². The largest absolute Gasteiger partial charge is 0.382 e. The Morgan fingerprint density at radius 2 is 2.20 bits per heavy atom. The van der Waals surface area contributed by atoms with E-state index in [1.807, 2.05) is 20.8 Å². The summed E-state index contributed by atoms with van der Waals surface area (Å²) in [6.07, 6.45) is 3.30. The molecule has 0 saturated carbocycles. The van der Waals surface area contributed by atoms with E-state index in [9.17, 15) is 4.79 Å². The third kappa shape index (κ3) is 3.30. The molecule has 20 heavy (non-hydrogen) atoms. The molecule has 0 spiro atoms. The molecule has 0 aliphatic carbocycles. The maximum absolute atomic E-state index is 12.3. The molecule has 6 nitrogen and oxygen atoms in total. The van der Waals surface area contributed by atoms with Crippen LogP contribution in [0.2, 0.25) is 0 Å². The van der Waals surface area contributed by atoms with E-state index in [1.165, 1.54) is 11.3 Å². The van der Waals surface area contributed by atoms with Gasteiger partial charge in [0.25, 0.3) is 5.91 Å². The van der Waals surface area contributed by atoms with Crippen molar-refractivity contribution in [3.05, 3.63) is 29.3 Å². The van der Waals surface area contributed by atoms with Gasteiger partial charge in [-0.2, -0.15) is 0 Å². The molecule has 0 radical (unpaired) electrons. The van der Waals surface area contributed by atoms with E-state index < -0.39 is 0 Å². The summed E-state index contributed by atoms with van der Waals surface area (Å²) in [6, 6.07) is 0. The van der Waals surface area contributed by atoms with Crippen molar-refractivity contribution in [2.75, 3.05) is 17.2 Å². The van der Waals surface area contributed by atoms with Gasteiger partial charge in [0.2, 0.25) is 0 Å². The molecular weight excluding hydrogens is 274 g/mol. The van der Waals surface area contributed by atoms with Gasteiger partial charge in [0.05, 0.1) is 11.9 Å². The first-order valence-electron chi connectivity index (χ1n) is 6.43. The normalized spacial score (nSPS) is 10.6. The zero-order valence-corrected chi connectivity index (χ0v) is 12.5. The minimum Gasteiger partial charge on any atom is -0.382 e. The zero-order valence-electron chi connectivity index (χ0n) is 11.7. The van der Waals surface area contributed by atoms with E-state index in [0.29, 0.717) is 28.9 Å². The van der Waals surface area contributed by atoms with Crippen LogP contribution in [0, 0.1) is 0 Å². The first-order valence-corrected chi connectivity index (χ1v) is 7.31. The second kappa shape index (κ2) is 6.42. The van der Waals surface area contributed by atoms with Gasteiger partial charge in [-0.3, -0.25) is 10.1 Å². The predicted octanol–water partition coefficient (Wildman–Crippen LogP) is 2.74. The average Bonchev–Trinajstić information content (AvgIpc) is 2.92. The summed E-state index contributed by atoms with van der Waals surface area (Å²) in [6.45, 7) is 6.64. The van der Waals surface area contributed by atoms with Crippen molar-refractivity contribution in [3.8, 4) is 0 Å². The van der Waals surface area contributed by atoms with Gasteiger partial charge >= 0.3 is 0 Å². The molecule has 2 rings (SSSR count). The minimum atomic E-state index is -0.278. The summed E-state index contributed by atoms with van der Waals surface area (Å²) in [7, 11) is 0. The molecule has 2 aromatic heterocycles. The molecule has 2 heterocycles. The standard InChI is InChI=1S/C13H17N5OS/c1-4-14-9-7-16-11(8(2)3)17-10(9)12(19)18-13-15-5-6-20-13/h5-8,14H,4H2,1-3H3,(H,15,18,19). The molecule has 0 saturated heterocycles. The molecular formula is C13H17N5OS. The van der Waals surface area contributed by atoms with E-state index in [2.05, 4.69) is 25.6 Å². The second-order valence-electron chi connectivity index (χ2n) is 4.47. The van der Waals surface area contributed by atoms with Crippen LogP contribution in [0.4, 0.5) is 10.8 Å². The van der Waals surface area contributed by atoms with Gasteiger partial charge in [0, 0.05) is 24.0 Å². The van der Waals surface area contributed by atoms with Gasteiger partial charge in [-0.25, -0.2) is 15.0 Å². The fraction of sp³-hybridized carbons (Fsp3) is 0.385. The Morgan fingerprint density at radius 1 is 1.40 bits per heavy atom. The molecule has 0 atom stereocenters. The number of thiazole rings is 1. The zero-order chi connectivity index (χ0) is 14.5. The van der Waals surface area contributed by atoms with Crippen LogP contribution in [0.1, 0.15) is 43.0 Å². The monoisotopic (exact) mass is 291 g/mol. The molecule has 7 heteroatoms. The predicted molar refractivity (Wildman–Crippen MR) is 80.4 cm³/mol. The molecule has 0 bridgehead atoms. The molecule has 0 aliphatic heterocycles. The van der Waals surface area contributed by atoms with E-state index in [1.54, 1.807) is 17.8 Å². The Kier molecular flexibility index (Phi) is 4.62. The molecule has 106 valence electrons. The van der Waals surface area contributed by atoms with Crippen molar-refractivity contribution in [1.29, 1.82) is 0 Å². The summed E-state index contributed by atoms with van der Waals surface area (Å²) in [4.78, 5) is 25.0. The number of nitrogens with zero attached hydrogens (tertiary/aromatic N) is 3. The molecule has 0 aromatic carbocycles. The van der Waals surface area contributed by atoms with Crippen molar-refractivity contribution in [2.45, 2.75) is 26.7 Å². The number of nitrogens with one attached hydrogen (secondary N) is 2. The Labute approximate surface area is 121 Å². The third-order valence-electron chi connectivity index (χ3n) is 2.56. The molecule has 0 fully saturated rings. The molecule has 1 amide bonds. The molecule has 2 aromatic rings. The Morgan fingerprint density at radius 3 is 2.80 bits per heavy atom. The quantitative estimate of drug-likeness (QED) is 0.885. The average molecular weight is 291 g/mol. The van der Waals surface area contributed by atoms with Crippen LogP contribution in [0.15, 0.2) is 17.8 Å². The highest BCUT2D eigenvalue weighted by molar-refractivity contribution is 7.13. The molecule has 0 aliphatic rings. The van der Waals surface area contributed by atoms with Gasteiger partial charge in [-0.05, 0) is 6.92 Å². The van der Waals surface area contributed by atoms with Crippen molar-refractivity contribution in [3.63, 3.8) is 0 Å². The van der Waals surface area contributed by atoms with E-state index in [-0.39, 0.29) is 11.8 Å². The summed E-state index contributed by atoms with van der Waals surface area (Å²) in [5.74, 6) is 0.535. The third-order valence-corrected chi connectivity index (χ3v) is 3.25. The van der Waals surface area contributed by atoms with Gasteiger partial charge in [0.15, 0.2) is 10.8 Å². The highest BCUT2D eigenvalue weighted by atomic mass is 32.1. The van der Waals surface area contributed by atoms with Crippen molar-refractivity contribution in [1.82, 2.24) is 15.0 Å². The number of carbonyl (C=O) groups excluding carboxylic acids is 1. The number of hydrogen-bond donors (Lipinski definition) is 2. The lowest BCUT2D eigenvalue weighted by molar-refractivity contribution is 0.102. The fourth-order valence-electron chi connectivity index (χ4n) is 1.61. The first-order chi connectivity index (χ1) is 9.61. The SMILES string of the molecule is CCNc1cnc(C(C)C)nc1C(=O)Nc1nccs1. The number of aromatic nitrogens is 3. The lowest BCUT2D eigenvalue weighted by atomic mass is 10.2. The minimum absolute atomic E-state index is 0.164. The summed E-state index contributed by atoms with van der Waals surface area (Å²) < 4.78 is 0. The van der Waals surface area contributed by atoms with Crippen LogP contribution < -0.4 is 10.6 Å². The van der Waals surface area contributed by atoms with E-state index in [4.69, 9.17) is 0 Å². The number of amides is 1. The first kappa shape index (κ1) is 14.4. The molecule has 2 N–H and O–H groups in total. The van der Waals surface area contributed by atoms with Crippen molar-refractivity contribution < 1.29 is 4.79 Å². The van der Waals surface area contributed by atoms with Crippen LogP contribution in [0.5, 0.6) is 0 Å². The van der Waals surface area contributed by atoms with E-state index >= 15 is 0 Å². The lowest BCUT2D eigenvalue weighted by Crippen LogP contribution is -2.18. The van der Waals surface area contributed by atoms with Crippen LogP contribution in [0.25, 0.3) is 0 Å². The van der Waals surface area contributed by atoms with Crippen molar-refractivity contribution in [2.24, 2.45) is 0 Å². The maximum Gasteiger partial charge on any atom is 0.278 e. The van der Waals surface area contributed by atoms with Gasteiger partial charge in [-0.1, -0.05) is 13.8 Å². The fourth-order valence-corrected chi connectivity index (χ4v) is 2.13. The van der Waals surface area contributed by atoms with Gasteiger partial charge in [-0.15, -0.1) is 11.3 Å². The summed E-state index contributed by atoms with van der Waals surface area (Å²) in [5.41, 5.74) is 0.978. The summed E-state index contributed by atoms with van der Waals surface area (Å²) >= 11 is 1.37. The van der Waals surface area contributed by atoms with Crippen LogP contribution in [0.3, 0.4) is 0 Å². The highest BCUT2D eigenvalue weighted by Gasteiger charge is 2.17. The van der Waals surface area contributed by atoms with Gasteiger partial charge in [0.1, 0.15) is 5.82 Å². The lowest BCUT2D eigenvalue weighted by Gasteiger charge is -2.11. The smallest absolute Gasteiger partial charge is 0.278 e. The number of carbonyl (C=O) groups is 1. The Hall–Kier alpha value is -2.02.